The lowest BCUT2D eigenvalue weighted by Gasteiger charge is -2.04. The molecule has 6 heteroatoms. The number of hydrogen-bond acceptors (Lipinski definition) is 3. The third kappa shape index (κ3) is 3.44. The van der Waals surface area contributed by atoms with Gasteiger partial charge in [0.1, 0.15) is 6.54 Å². The maximum Gasteiger partial charge on any atom is 0.325 e. The molecule has 2 aromatic rings. The molecule has 0 spiro atoms. The van der Waals surface area contributed by atoms with E-state index in [9.17, 15) is 9.59 Å². The highest BCUT2D eigenvalue weighted by Crippen LogP contribution is 2.11. The van der Waals surface area contributed by atoms with Gasteiger partial charge >= 0.3 is 5.97 Å². The second kappa shape index (κ2) is 6.01. The number of aromatic nitrogens is 2. The largest absolute Gasteiger partial charge is 0.480 e. The van der Waals surface area contributed by atoms with E-state index >= 15 is 0 Å². The molecule has 6 nitrogen and oxygen atoms in total. The minimum atomic E-state index is -1.00. The highest BCUT2D eigenvalue weighted by Gasteiger charge is 2.10. The van der Waals surface area contributed by atoms with Crippen LogP contribution in [-0.2, 0) is 17.8 Å². The molecule has 0 radical (unpaired) electrons. The summed E-state index contributed by atoms with van der Waals surface area (Å²) < 4.78 is 1.21. The molecular weight excluding hydrogens is 258 g/mol. The quantitative estimate of drug-likeness (QED) is 0.869. The summed E-state index contributed by atoms with van der Waals surface area (Å²) in [6.45, 7) is 1.79. The third-order valence-corrected chi connectivity index (χ3v) is 2.79. The average molecular weight is 273 g/mol. The zero-order valence-electron chi connectivity index (χ0n) is 11.0. The monoisotopic (exact) mass is 273 g/mol. The second-order valence-corrected chi connectivity index (χ2v) is 4.30. The van der Waals surface area contributed by atoms with Crippen LogP contribution in [0.2, 0.25) is 0 Å². The molecule has 2 N–H and O–H groups in total. The molecule has 0 bridgehead atoms. The van der Waals surface area contributed by atoms with Crippen molar-refractivity contribution in [2.75, 3.05) is 5.32 Å². The van der Waals surface area contributed by atoms with Crippen molar-refractivity contribution in [2.45, 2.75) is 19.9 Å². The molecule has 1 heterocycles. The van der Waals surface area contributed by atoms with Gasteiger partial charge in [0.05, 0.1) is 0 Å². The van der Waals surface area contributed by atoms with Gasteiger partial charge in [-0.15, -0.1) is 0 Å². The Labute approximate surface area is 116 Å². The molecule has 2 rings (SSSR count). The Morgan fingerprint density at radius 1 is 1.25 bits per heavy atom. The minimum absolute atomic E-state index is 0.186. The Balaban J connectivity index is 2.03. The fourth-order valence-electron chi connectivity index (χ4n) is 1.73. The van der Waals surface area contributed by atoms with Gasteiger partial charge in [0.2, 0.25) is 0 Å². The highest BCUT2D eigenvalue weighted by molar-refractivity contribution is 6.02. The van der Waals surface area contributed by atoms with E-state index in [-0.39, 0.29) is 18.1 Å². The number of carboxylic acid groups (broad SMARTS) is 1. The van der Waals surface area contributed by atoms with Crippen LogP contribution in [0.5, 0.6) is 0 Å². The number of nitrogens with one attached hydrogen (secondary N) is 1. The maximum absolute atomic E-state index is 11.9. The first-order valence-electron chi connectivity index (χ1n) is 6.24. The molecular formula is C14H15N3O3. The normalized spacial score (nSPS) is 10.2. The predicted molar refractivity (Wildman–Crippen MR) is 73.6 cm³/mol. The lowest BCUT2D eigenvalue weighted by atomic mass is 10.1. The molecule has 0 aliphatic carbocycles. The number of carbonyl (C=O) groups excluding carboxylic acids is 1. The SMILES string of the molecule is CCc1ccc(NC(=O)c2ccn(CC(=O)O)n2)cc1. The Morgan fingerprint density at radius 2 is 1.95 bits per heavy atom. The molecule has 0 aliphatic rings. The fraction of sp³-hybridized carbons (Fsp3) is 0.214. The smallest absolute Gasteiger partial charge is 0.325 e. The molecule has 0 unspecified atom stereocenters. The minimum Gasteiger partial charge on any atom is -0.480 e. The van der Waals surface area contributed by atoms with Gasteiger partial charge in [-0.25, -0.2) is 0 Å². The first kappa shape index (κ1) is 13.8. The molecule has 1 amide bonds. The standard InChI is InChI=1S/C14H15N3O3/c1-2-10-3-5-11(6-4-10)15-14(20)12-7-8-17(16-12)9-13(18)19/h3-8H,2,9H2,1H3,(H,15,20)(H,18,19). The van der Waals surface area contributed by atoms with Crippen LogP contribution in [0.1, 0.15) is 23.0 Å². The Bertz CT molecular complexity index is 617. The molecule has 1 aromatic carbocycles. The number of carbonyl (C=O) groups is 2. The van der Waals surface area contributed by atoms with Crippen molar-refractivity contribution in [2.24, 2.45) is 0 Å². The van der Waals surface area contributed by atoms with E-state index in [1.165, 1.54) is 22.5 Å². The third-order valence-electron chi connectivity index (χ3n) is 2.79. The van der Waals surface area contributed by atoms with Crippen LogP contribution in [0.3, 0.4) is 0 Å². The van der Waals surface area contributed by atoms with Crippen LogP contribution in [0.4, 0.5) is 5.69 Å². The van der Waals surface area contributed by atoms with Crippen molar-refractivity contribution < 1.29 is 14.7 Å². The van der Waals surface area contributed by atoms with Crippen molar-refractivity contribution in [3.63, 3.8) is 0 Å². The van der Waals surface area contributed by atoms with Gasteiger partial charge in [0.15, 0.2) is 5.69 Å². The molecule has 0 atom stereocenters. The first-order chi connectivity index (χ1) is 9.58. The predicted octanol–water partition coefficient (Wildman–Crippen LogP) is 1.78. The Hall–Kier alpha value is -2.63. The molecule has 0 aliphatic heterocycles. The van der Waals surface area contributed by atoms with Crippen LogP contribution in [0.15, 0.2) is 36.5 Å². The van der Waals surface area contributed by atoms with Crippen LogP contribution in [-0.4, -0.2) is 26.8 Å². The van der Waals surface area contributed by atoms with Crippen LogP contribution in [0, 0.1) is 0 Å². The van der Waals surface area contributed by atoms with Gasteiger partial charge in [-0.3, -0.25) is 14.3 Å². The maximum atomic E-state index is 11.9. The van der Waals surface area contributed by atoms with E-state index in [1.54, 1.807) is 0 Å². The number of hydrogen-bond donors (Lipinski definition) is 2. The van der Waals surface area contributed by atoms with Gasteiger partial charge in [-0.1, -0.05) is 19.1 Å². The van der Waals surface area contributed by atoms with Crippen LogP contribution < -0.4 is 5.32 Å². The molecule has 104 valence electrons. The molecule has 20 heavy (non-hydrogen) atoms. The van der Waals surface area contributed by atoms with Crippen molar-refractivity contribution in [1.82, 2.24) is 9.78 Å². The van der Waals surface area contributed by atoms with E-state index in [2.05, 4.69) is 17.3 Å². The number of aliphatic carboxylic acids is 1. The lowest BCUT2D eigenvalue weighted by molar-refractivity contribution is -0.137. The van der Waals surface area contributed by atoms with Crippen molar-refractivity contribution in [3.05, 3.63) is 47.8 Å². The van der Waals surface area contributed by atoms with Crippen molar-refractivity contribution in [3.8, 4) is 0 Å². The summed E-state index contributed by atoms with van der Waals surface area (Å²) in [6, 6.07) is 9.02. The lowest BCUT2D eigenvalue weighted by Crippen LogP contribution is -2.15. The van der Waals surface area contributed by atoms with Crippen molar-refractivity contribution in [1.29, 1.82) is 0 Å². The summed E-state index contributed by atoms with van der Waals surface area (Å²) in [5, 5.41) is 15.3. The van der Waals surface area contributed by atoms with E-state index in [0.717, 1.165) is 6.42 Å². The first-order valence-corrected chi connectivity index (χ1v) is 6.24. The number of amides is 1. The van der Waals surface area contributed by atoms with Gasteiger partial charge in [-0.2, -0.15) is 5.10 Å². The van der Waals surface area contributed by atoms with Gasteiger partial charge in [0, 0.05) is 11.9 Å². The van der Waals surface area contributed by atoms with E-state index in [1.807, 2.05) is 24.3 Å². The number of benzene rings is 1. The summed E-state index contributed by atoms with van der Waals surface area (Å²) in [7, 11) is 0. The summed E-state index contributed by atoms with van der Waals surface area (Å²) in [5.74, 6) is -1.37. The zero-order chi connectivity index (χ0) is 14.5. The molecule has 1 aromatic heterocycles. The van der Waals surface area contributed by atoms with Crippen LogP contribution in [0.25, 0.3) is 0 Å². The summed E-state index contributed by atoms with van der Waals surface area (Å²) >= 11 is 0. The Kier molecular flexibility index (Phi) is 4.14. The topological polar surface area (TPSA) is 84.2 Å². The van der Waals surface area contributed by atoms with Gasteiger partial charge < -0.3 is 10.4 Å². The summed E-state index contributed by atoms with van der Waals surface area (Å²) in [5.41, 5.74) is 2.06. The molecule has 0 saturated heterocycles. The fourth-order valence-corrected chi connectivity index (χ4v) is 1.73. The number of carboxylic acids is 1. The molecule has 0 saturated carbocycles. The average Bonchev–Trinajstić information content (AvgIpc) is 2.87. The van der Waals surface area contributed by atoms with Gasteiger partial charge in [-0.05, 0) is 30.2 Å². The summed E-state index contributed by atoms with van der Waals surface area (Å²) in [6.07, 6.45) is 2.40. The number of rotatable bonds is 5. The van der Waals surface area contributed by atoms with E-state index in [0.29, 0.717) is 5.69 Å². The highest BCUT2D eigenvalue weighted by atomic mass is 16.4. The van der Waals surface area contributed by atoms with E-state index < -0.39 is 5.97 Å². The van der Waals surface area contributed by atoms with Gasteiger partial charge in [0.25, 0.3) is 5.91 Å². The van der Waals surface area contributed by atoms with E-state index in [4.69, 9.17) is 5.11 Å². The number of anilines is 1. The van der Waals surface area contributed by atoms with Crippen molar-refractivity contribution >= 4 is 17.6 Å². The second-order valence-electron chi connectivity index (χ2n) is 4.30. The Morgan fingerprint density at radius 3 is 2.55 bits per heavy atom. The number of nitrogens with zero attached hydrogens (tertiary/aromatic N) is 2. The molecule has 0 fully saturated rings. The number of aryl methyl sites for hydroxylation is 1. The zero-order valence-corrected chi connectivity index (χ0v) is 11.0. The summed E-state index contributed by atoms with van der Waals surface area (Å²) in [4.78, 5) is 22.5. The van der Waals surface area contributed by atoms with Crippen LogP contribution >= 0.6 is 0 Å².